The number of hydrogen-bond donors (Lipinski definition) is 2. The van der Waals surface area contributed by atoms with Crippen LogP contribution in [0.1, 0.15) is 0 Å². The monoisotopic (exact) mass is 366 g/mol. The van der Waals surface area contributed by atoms with Gasteiger partial charge >= 0.3 is 0 Å². The molecular formula is H26MgN2O18. The molecule has 0 fully saturated rings. The standard InChI is InChI=1S/Mg.2HNO3.12H2O/c;2*2-1(3)4;;;;;;;;;;;;/h;2*(H,2,3,4);12*1H2. The minimum Gasteiger partial charge on any atom is -0.412 e. The molecule has 0 aliphatic carbocycles. The van der Waals surface area contributed by atoms with E-state index in [4.69, 9.17) is 30.6 Å². The smallest absolute Gasteiger partial charge is 0.291 e. The molecule has 0 aliphatic heterocycles. The van der Waals surface area contributed by atoms with Gasteiger partial charge in [-0.1, -0.05) is 0 Å². The summed E-state index contributed by atoms with van der Waals surface area (Å²) in [5.41, 5.74) is 0. The molecule has 21 heavy (non-hydrogen) atoms. The summed E-state index contributed by atoms with van der Waals surface area (Å²) < 4.78 is 0. The van der Waals surface area contributed by atoms with Crippen LogP contribution >= 0.6 is 0 Å². The van der Waals surface area contributed by atoms with Crippen molar-refractivity contribution in [1.82, 2.24) is 0 Å². The maximum absolute atomic E-state index is 8.36. The fraction of sp³-hybridized carbons (Fsp3) is 0. The van der Waals surface area contributed by atoms with Gasteiger partial charge in [0.15, 0.2) is 0 Å². The van der Waals surface area contributed by atoms with Crippen molar-refractivity contribution in [2.24, 2.45) is 0 Å². The van der Waals surface area contributed by atoms with E-state index in [2.05, 4.69) is 0 Å². The van der Waals surface area contributed by atoms with Crippen molar-refractivity contribution in [2.45, 2.75) is 0 Å². The van der Waals surface area contributed by atoms with Crippen LogP contribution in [0.5, 0.6) is 0 Å². The van der Waals surface area contributed by atoms with Gasteiger partial charge in [0.2, 0.25) is 0 Å². The third-order valence-electron chi connectivity index (χ3n) is 0. The van der Waals surface area contributed by atoms with E-state index in [9.17, 15) is 0 Å². The van der Waals surface area contributed by atoms with Gasteiger partial charge in [0, 0.05) is 23.1 Å². The van der Waals surface area contributed by atoms with Crippen molar-refractivity contribution >= 4 is 23.1 Å². The van der Waals surface area contributed by atoms with E-state index in [0.29, 0.717) is 0 Å². The first-order chi connectivity index (χ1) is 3.46. The molecule has 0 aromatic carbocycles. The first kappa shape index (κ1) is 313. The van der Waals surface area contributed by atoms with Crippen LogP contribution in [0.15, 0.2) is 0 Å². The highest BCUT2D eigenvalue weighted by molar-refractivity contribution is 5.75. The summed E-state index contributed by atoms with van der Waals surface area (Å²) in [4.78, 5) is 16.7. The van der Waals surface area contributed by atoms with Crippen molar-refractivity contribution in [1.29, 1.82) is 0 Å². The number of nitrogens with zero attached hydrogens (tertiary/aromatic N) is 2. The zero-order chi connectivity index (χ0) is 7.15. The summed E-state index contributed by atoms with van der Waals surface area (Å²) in [5.74, 6) is 0. The fourth-order valence-corrected chi connectivity index (χ4v) is 0. The molecule has 0 heterocycles. The largest absolute Gasteiger partial charge is 0.412 e. The Morgan fingerprint density at radius 3 is 0.476 bits per heavy atom. The molecule has 0 unspecified atom stereocenters. The summed E-state index contributed by atoms with van der Waals surface area (Å²) >= 11 is 0. The zero-order valence-electron chi connectivity index (χ0n) is 10.1. The Labute approximate surface area is 130 Å². The lowest BCUT2D eigenvalue weighted by Gasteiger charge is -1.56. The van der Waals surface area contributed by atoms with E-state index in [0.717, 1.165) is 0 Å². The zero-order valence-corrected chi connectivity index (χ0v) is 11.5. The second kappa shape index (κ2) is 266. The van der Waals surface area contributed by atoms with Gasteiger partial charge in [-0.3, -0.25) is 0 Å². The second-order valence-corrected chi connectivity index (χ2v) is 0.476. The van der Waals surface area contributed by atoms with Gasteiger partial charge in [-0.15, -0.1) is 20.2 Å². The normalized spacial score (nSPS) is 2.29. The molecule has 0 aromatic heterocycles. The molecule has 20 nitrogen and oxygen atoms in total. The van der Waals surface area contributed by atoms with Gasteiger partial charge in [0.25, 0.3) is 10.2 Å². The van der Waals surface area contributed by atoms with Crippen LogP contribution in [0.4, 0.5) is 0 Å². The van der Waals surface area contributed by atoms with Crippen molar-refractivity contribution in [3.05, 3.63) is 20.2 Å². The number of rotatable bonds is 0. The Morgan fingerprint density at radius 1 is 0.476 bits per heavy atom. The Kier molecular flexibility index (Phi) is 3970. The third-order valence-corrected chi connectivity index (χ3v) is 0. The summed E-state index contributed by atoms with van der Waals surface area (Å²) in [6.07, 6.45) is 0. The molecule has 146 valence electrons. The lowest BCUT2D eigenvalue weighted by molar-refractivity contribution is -0.742. The molecule has 2 radical (unpaired) electrons. The van der Waals surface area contributed by atoms with Crippen LogP contribution in [0.2, 0.25) is 0 Å². The molecule has 26 N–H and O–H groups in total. The van der Waals surface area contributed by atoms with E-state index in [1.807, 2.05) is 0 Å². The van der Waals surface area contributed by atoms with Gasteiger partial charge in [0.1, 0.15) is 0 Å². The fourth-order valence-electron chi connectivity index (χ4n) is 0. The Morgan fingerprint density at radius 2 is 0.476 bits per heavy atom. The van der Waals surface area contributed by atoms with Crippen LogP contribution in [0.3, 0.4) is 0 Å². The maximum Gasteiger partial charge on any atom is 0.291 e. The van der Waals surface area contributed by atoms with E-state index >= 15 is 0 Å². The van der Waals surface area contributed by atoms with Crippen LogP contribution in [0, 0.1) is 20.2 Å². The molecule has 0 rings (SSSR count). The van der Waals surface area contributed by atoms with Crippen LogP contribution in [-0.4, -0.2) is 109 Å². The summed E-state index contributed by atoms with van der Waals surface area (Å²) in [6, 6.07) is 0. The SMILES string of the molecule is O.O.O.O.O.O.O.O.O.O.O.O.O=[N+]([O-])O.O=[N+]([O-])O.[Mg]. The van der Waals surface area contributed by atoms with Crippen LogP contribution in [0.25, 0.3) is 0 Å². The molecule has 0 saturated carbocycles. The Hall–Kier alpha value is -1.31. The van der Waals surface area contributed by atoms with E-state index in [1.165, 1.54) is 0 Å². The Bertz CT molecular complexity index is 73.2. The average molecular weight is 367 g/mol. The minimum absolute atomic E-state index is 0. The van der Waals surface area contributed by atoms with Gasteiger partial charge < -0.3 is 76.1 Å². The van der Waals surface area contributed by atoms with Crippen LogP contribution < -0.4 is 0 Å². The topological polar surface area (TPSA) is 505 Å². The minimum atomic E-state index is -1.50. The molecule has 0 aromatic rings. The molecule has 0 bridgehead atoms. The average Bonchev–Trinajstić information content (AvgIpc) is 1.25. The van der Waals surface area contributed by atoms with Crippen LogP contribution in [-0.2, 0) is 0 Å². The first-order valence-corrected chi connectivity index (χ1v) is 1.13. The highest BCUT2D eigenvalue weighted by Crippen LogP contribution is 1.38. The second-order valence-electron chi connectivity index (χ2n) is 0.476. The van der Waals surface area contributed by atoms with Gasteiger partial charge in [-0.25, -0.2) is 0 Å². The lowest BCUT2D eigenvalue weighted by atomic mass is 13.1. The van der Waals surface area contributed by atoms with E-state index < -0.39 is 10.2 Å². The quantitative estimate of drug-likeness (QED) is 0.237. The highest BCUT2D eigenvalue weighted by Gasteiger charge is 1.65. The molecule has 0 spiro atoms. The van der Waals surface area contributed by atoms with E-state index in [1.54, 1.807) is 0 Å². The highest BCUT2D eigenvalue weighted by atomic mass is 24.3. The first-order valence-electron chi connectivity index (χ1n) is 1.13. The van der Waals surface area contributed by atoms with Crippen molar-refractivity contribution in [3.8, 4) is 0 Å². The summed E-state index contributed by atoms with van der Waals surface area (Å²) in [7, 11) is 0. The molecule has 0 atom stereocenters. The van der Waals surface area contributed by atoms with Crippen molar-refractivity contribution < 1.29 is 86.3 Å². The van der Waals surface area contributed by atoms with Gasteiger partial charge in [-0.05, 0) is 0 Å². The number of hydrogen-bond acceptors (Lipinski definition) is 4. The maximum atomic E-state index is 8.36. The molecule has 0 saturated heterocycles. The predicted molar refractivity (Wildman–Crippen MR) is 66.7 cm³/mol. The van der Waals surface area contributed by atoms with Gasteiger partial charge in [0.05, 0.1) is 0 Å². The summed E-state index contributed by atoms with van der Waals surface area (Å²) in [6.45, 7) is 0. The van der Waals surface area contributed by atoms with Gasteiger partial charge in [-0.2, -0.15) is 0 Å². The van der Waals surface area contributed by atoms with Crippen molar-refractivity contribution in [2.75, 3.05) is 0 Å². The third kappa shape index (κ3) is 3010. The Balaban J connectivity index is -0.00000000163. The predicted octanol–water partition coefficient (Wildman–Crippen LogP) is -11.0. The molecule has 21 heteroatoms. The summed E-state index contributed by atoms with van der Waals surface area (Å²) in [5, 5.41) is 27.3. The molecule has 0 aliphatic rings. The van der Waals surface area contributed by atoms with E-state index in [-0.39, 0.29) is 88.8 Å². The molecule has 0 amide bonds. The molecular weight excluding hydrogens is 340 g/mol. The van der Waals surface area contributed by atoms with Crippen molar-refractivity contribution in [3.63, 3.8) is 0 Å². The lowest BCUT2D eigenvalue weighted by Crippen LogP contribution is -1.81.